The summed E-state index contributed by atoms with van der Waals surface area (Å²) in [5, 5.41) is 3.56. The van der Waals surface area contributed by atoms with Gasteiger partial charge < -0.3 is 5.32 Å². The standard InChI is InChI=1S/C16H33N3/c1-4-9-19(12-15-6-5-8-17-11-15)16-7-10-18(13-16)14(2)3/h14-17H,4-13H2,1-3H3. The topological polar surface area (TPSA) is 18.5 Å². The van der Waals surface area contributed by atoms with Crippen LogP contribution in [0.2, 0.25) is 0 Å². The van der Waals surface area contributed by atoms with E-state index in [0.29, 0.717) is 6.04 Å². The molecule has 112 valence electrons. The molecule has 2 aliphatic rings. The minimum absolute atomic E-state index is 0.713. The Morgan fingerprint density at radius 2 is 2.16 bits per heavy atom. The monoisotopic (exact) mass is 267 g/mol. The Balaban J connectivity index is 1.84. The van der Waals surface area contributed by atoms with Crippen LogP contribution in [0.5, 0.6) is 0 Å². The average molecular weight is 267 g/mol. The van der Waals surface area contributed by atoms with Crippen LogP contribution < -0.4 is 5.32 Å². The zero-order valence-corrected chi connectivity index (χ0v) is 13.2. The zero-order chi connectivity index (χ0) is 13.7. The fraction of sp³-hybridized carbons (Fsp3) is 1.00. The predicted molar refractivity (Wildman–Crippen MR) is 82.6 cm³/mol. The Hall–Kier alpha value is -0.120. The second-order valence-electron chi connectivity index (χ2n) is 6.74. The van der Waals surface area contributed by atoms with Gasteiger partial charge >= 0.3 is 0 Å². The lowest BCUT2D eigenvalue weighted by Gasteiger charge is -2.34. The maximum Gasteiger partial charge on any atom is 0.0235 e. The number of nitrogens with one attached hydrogen (secondary N) is 1. The molecule has 2 saturated heterocycles. The van der Waals surface area contributed by atoms with Gasteiger partial charge in [0, 0.05) is 31.7 Å². The normalized spacial score (nSPS) is 29.5. The molecule has 2 aliphatic heterocycles. The summed E-state index contributed by atoms with van der Waals surface area (Å²) in [6, 6.07) is 1.52. The first-order valence-electron chi connectivity index (χ1n) is 8.39. The molecule has 2 fully saturated rings. The van der Waals surface area contributed by atoms with Crippen LogP contribution in [0, 0.1) is 5.92 Å². The fourth-order valence-electron chi connectivity index (χ4n) is 3.66. The molecular weight excluding hydrogens is 234 g/mol. The van der Waals surface area contributed by atoms with Crippen LogP contribution in [0.15, 0.2) is 0 Å². The van der Waals surface area contributed by atoms with E-state index in [9.17, 15) is 0 Å². The van der Waals surface area contributed by atoms with Gasteiger partial charge in [0.1, 0.15) is 0 Å². The molecule has 3 nitrogen and oxygen atoms in total. The van der Waals surface area contributed by atoms with Gasteiger partial charge in [0.2, 0.25) is 0 Å². The van der Waals surface area contributed by atoms with Crippen LogP contribution in [0.25, 0.3) is 0 Å². The summed E-state index contributed by atoms with van der Waals surface area (Å²) < 4.78 is 0. The summed E-state index contributed by atoms with van der Waals surface area (Å²) in [5.41, 5.74) is 0. The number of rotatable bonds is 6. The molecule has 0 amide bonds. The van der Waals surface area contributed by atoms with E-state index in [2.05, 4.69) is 35.9 Å². The molecule has 19 heavy (non-hydrogen) atoms. The maximum absolute atomic E-state index is 3.56. The smallest absolute Gasteiger partial charge is 0.0235 e. The number of hydrogen-bond donors (Lipinski definition) is 1. The summed E-state index contributed by atoms with van der Waals surface area (Å²) in [7, 11) is 0. The number of likely N-dealkylation sites (tertiary alicyclic amines) is 1. The van der Waals surface area contributed by atoms with Crippen LogP contribution in [-0.4, -0.2) is 61.2 Å². The molecule has 2 heterocycles. The Labute approximate surface area is 119 Å². The van der Waals surface area contributed by atoms with Gasteiger partial charge in [-0.2, -0.15) is 0 Å². The lowest BCUT2D eigenvalue weighted by Crippen LogP contribution is -2.44. The first kappa shape index (κ1) is 15.3. The first-order valence-corrected chi connectivity index (χ1v) is 8.39. The van der Waals surface area contributed by atoms with Gasteiger partial charge in [0.15, 0.2) is 0 Å². The molecule has 2 rings (SSSR count). The number of hydrogen-bond acceptors (Lipinski definition) is 3. The molecule has 3 heteroatoms. The summed E-state index contributed by atoms with van der Waals surface area (Å²) in [6.07, 6.45) is 5.46. The van der Waals surface area contributed by atoms with Crippen molar-refractivity contribution in [1.29, 1.82) is 0 Å². The average Bonchev–Trinajstić information content (AvgIpc) is 2.89. The van der Waals surface area contributed by atoms with Gasteiger partial charge in [-0.3, -0.25) is 9.80 Å². The largest absolute Gasteiger partial charge is 0.316 e. The van der Waals surface area contributed by atoms with Gasteiger partial charge in [0.25, 0.3) is 0 Å². The van der Waals surface area contributed by atoms with E-state index in [-0.39, 0.29) is 0 Å². The highest BCUT2D eigenvalue weighted by molar-refractivity contribution is 4.86. The lowest BCUT2D eigenvalue weighted by atomic mass is 9.98. The third kappa shape index (κ3) is 4.44. The van der Waals surface area contributed by atoms with Crippen molar-refractivity contribution >= 4 is 0 Å². The second kappa shape index (κ2) is 7.61. The molecule has 2 unspecified atom stereocenters. The molecule has 0 aromatic heterocycles. The molecule has 0 spiro atoms. The van der Waals surface area contributed by atoms with Crippen LogP contribution >= 0.6 is 0 Å². The van der Waals surface area contributed by atoms with Gasteiger partial charge in [-0.25, -0.2) is 0 Å². The quantitative estimate of drug-likeness (QED) is 0.796. The van der Waals surface area contributed by atoms with Crippen LogP contribution in [-0.2, 0) is 0 Å². The van der Waals surface area contributed by atoms with E-state index in [4.69, 9.17) is 0 Å². The van der Waals surface area contributed by atoms with Gasteiger partial charge in [-0.1, -0.05) is 6.92 Å². The Morgan fingerprint density at radius 3 is 2.74 bits per heavy atom. The van der Waals surface area contributed by atoms with Crippen molar-refractivity contribution in [2.45, 2.75) is 58.5 Å². The van der Waals surface area contributed by atoms with Crippen molar-refractivity contribution in [3.05, 3.63) is 0 Å². The summed E-state index contributed by atoms with van der Waals surface area (Å²) in [5.74, 6) is 0.883. The Kier molecular flexibility index (Phi) is 6.11. The first-order chi connectivity index (χ1) is 9.20. The van der Waals surface area contributed by atoms with E-state index in [1.807, 2.05) is 0 Å². The van der Waals surface area contributed by atoms with Gasteiger partial charge in [0.05, 0.1) is 0 Å². The lowest BCUT2D eigenvalue weighted by molar-refractivity contribution is 0.148. The number of nitrogens with zero attached hydrogens (tertiary/aromatic N) is 2. The maximum atomic E-state index is 3.56. The Morgan fingerprint density at radius 1 is 1.32 bits per heavy atom. The second-order valence-corrected chi connectivity index (χ2v) is 6.74. The van der Waals surface area contributed by atoms with Crippen LogP contribution in [0.4, 0.5) is 0 Å². The minimum atomic E-state index is 0.713. The molecule has 0 bridgehead atoms. The zero-order valence-electron chi connectivity index (χ0n) is 13.2. The van der Waals surface area contributed by atoms with Gasteiger partial charge in [-0.15, -0.1) is 0 Å². The van der Waals surface area contributed by atoms with E-state index in [1.54, 1.807) is 0 Å². The highest BCUT2D eigenvalue weighted by atomic mass is 15.3. The summed E-state index contributed by atoms with van der Waals surface area (Å²) >= 11 is 0. The predicted octanol–water partition coefficient (Wildman–Crippen LogP) is 2.18. The number of piperidine rings is 1. The van der Waals surface area contributed by atoms with Crippen LogP contribution in [0.1, 0.15) is 46.5 Å². The summed E-state index contributed by atoms with van der Waals surface area (Å²) in [6.45, 7) is 14.6. The summed E-state index contributed by atoms with van der Waals surface area (Å²) in [4.78, 5) is 5.44. The molecule has 1 N–H and O–H groups in total. The SMILES string of the molecule is CCCN(CC1CCCNC1)C1CCN(C(C)C)C1. The molecule has 2 atom stereocenters. The molecule has 0 aliphatic carbocycles. The molecule has 0 aromatic carbocycles. The fourth-order valence-corrected chi connectivity index (χ4v) is 3.66. The molecule has 0 saturated carbocycles. The molecule has 0 aromatic rings. The minimum Gasteiger partial charge on any atom is -0.316 e. The van der Waals surface area contributed by atoms with E-state index in [0.717, 1.165) is 12.0 Å². The van der Waals surface area contributed by atoms with E-state index in [1.165, 1.54) is 65.0 Å². The molecule has 0 radical (unpaired) electrons. The van der Waals surface area contributed by atoms with E-state index >= 15 is 0 Å². The van der Waals surface area contributed by atoms with E-state index < -0.39 is 0 Å². The van der Waals surface area contributed by atoms with Crippen molar-refractivity contribution in [3.63, 3.8) is 0 Å². The highest BCUT2D eigenvalue weighted by Crippen LogP contribution is 2.21. The molecular formula is C16H33N3. The van der Waals surface area contributed by atoms with Crippen molar-refractivity contribution in [2.75, 3.05) is 39.3 Å². The van der Waals surface area contributed by atoms with Gasteiger partial charge in [-0.05, 0) is 65.1 Å². The van der Waals surface area contributed by atoms with Crippen molar-refractivity contribution in [1.82, 2.24) is 15.1 Å². The van der Waals surface area contributed by atoms with Crippen molar-refractivity contribution in [3.8, 4) is 0 Å². The third-order valence-electron chi connectivity index (χ3n) is 4.84. The third-order valence-corrected chi connectivity index (χ3v) is 4.84. The Bertz CT molecular complexity index is 248. The van der Waals surface area contributed by atoms with Crippen molar-refractivity contribution in [2.24, 2.45) is 5.92 Å². The van der Waals surface area contributed by atoms with Crippen molar-refractivity contribution < 1.29 is 0 Å². The highest BCUT2D eigenvalue weighted by Gasteiger charge is 2.29. The van der Waals surface area contributed by atoms with Crippen LogP contribution in [0.3, 0.4) is 0 Å².